The van der Waals surface area contributed by atoms with Gasteiger partial charge in [-0.1, -0.05) is 24.3 Å². The summed E-state index contributed by atoms with van der Waals surface area (Å²) in [6, 6.07) is 13.5. The summed E-state index contributed by atoms with van der Waals surface area (Å²) < 4.78 is 5.42. The fraction of sp³-hybridized carbons (Fsp3) is 0.263. The highest BCUT2D eigenvalue weighted by Crippen LogP contribution is 2.20. The first-order chi connectivity index (χ1) is 12.0. The first-order valence-corrected chi connectivity index (χ1v) is 8.90. The van der Waals surface area contributed by atoms with E-state index in [4.69, 9.17) is 4.74 Å². The molecule has 2 aromatic carbocycles. The van der Waals surface area contributed by atoms with E-state index in [9.17, 15) is 9.59 Å². The molecule has 5 nitrogen and oxygen atoms in total. The highest BCUT2D eigenvalue weighted by Gasteiger charge is 2.07. The van der Waals surface area contributed by atoms with Crippen LogP contribution in [0.15, 0.2) is 47.4 Å². The van der Waals surface area contributed by atoms with Crippen molar-refractivity contribution in [2.45, 2.75) is 25.7 Å². The number of para-hydroxylation sites is 1. The normalized spacial score (nSPS) is 10.2. The molecular weight excluding hydrogens is 336 g/mol. The summed E-state index contributed by atoms with van der Waals surface area (Å²) in [5.74, 6) is 0.191. The third-order valence-corrected chi connectivity index (χ3v) is 4.64. The van der Waals surface area contributed by atoms with Gasteiger partial charge in [-0.05, 0) is 55.7 Å². The number of hydrogen-bond acceptors (Lipinski definition) is 4. The van der Waals surface area contributed by atoms with E-state index in [-0.39, 0.29) is 18.3 Å². The molecule has 0 aliphatic rings. The van der Waals surface area contributed by atoms with Crippen molar-refractivity contribution in [2.24, 2.45) is 0 Å². The van der Waals surface area contributed by atoms with Crippen molar-refractivity contribution in [3.8, 4) is 5.75 Å². The molecule has 132 valence electrons. The van der Waals surface area contributed by atoms with Crippen LogP contribution in [0.2, 0.25) is 0 Å². The monoisotopic (exact) mass is 358 g/mol. The zero-order valence-electron chi connectivity index (χ0n) is 14.6. The number of carbonyl (C=O) groups excluding carboxylic acids is 2. The van der Waals surface area contributed by atoms with Gasteiger partial charge in [-0.3, -0.25) is 20.4 Å². The largest absolute Gasteiger partial charge is 0.483 e. The Morgan fingerprint density at radius 2 is 1.64 bits per heavy atom. The lowest BCUT2D eigenvalue weighted by molar-refractivity contribution is -0.128. The Kier molecular flexibility index (Phi) is 6.89. The third kappa shape index (κ3) is 6.15. The molecule has 0 saturated carbocycles. The summed E-state index contributed by atoms with van der Waals surface area (Å²) in [5, 5.41) is 0. The molecule has 0 spiro atoms. The van der Waals surface area contributed by atoms with Gasteiger partial charge in [-0.15, -0.1) is 11.8 Å². The van der Waals surface area contributed by atoms with Gasteiger partial charge in [-0.2, -0.15) is 0 Å². The summed E-state index contributed by atoms with van der Waals surface area (Å²) in [7, 11) is 0. The second-order valence-corrected chi connectivity index (χ2v) is 6.73. The van der Waals surface area contributed by atoms with Crippen LogP contribution in [0.4, 0.5) is 0 Å². The van der Waals surface area contributed by atoms with Gasteiger partial charge in [0.15, 0.2) is 6.61 Å². The van der Waals surface area contributed by atoms with Crippen molar-refractivity contribution in [2.75, 3.05) is 12.4 Å². The fourth-order valence-electron chi connectivity index (χ4n) is 2.03. The molecule has 0 aliphatic carbocycles. The Morgan fingerprint density at radius 1 is 0.920 bits per heavy atom. The van der Waals surface area contributed by atoms with Crippen LogP contribution in [0.5, 0.6) is 5.75 Å². The van der Waals surface area contributed by atoms with Crippen LogP contribution in [0.25, 0.3) is 0 Å². The SMILES string of the molecule is Cc1ccc(SCC(=O)NNC(=O)COc2ccccc2C)cc1C. The van der Waals surface area contributed by atoms with Crippen LogP contribution in [0.3, 0.4) is 0 Å². The number of carbonyl (C=O) groups is 2. The highest BCUT2D eigenvalue weighted by molar-refractivity contribution is 8.00. The second kappa shape index (κ2) is 9.13. The average molecular weight is 358 g/mol. The van der Waals surface area contributed by atoms with Gasteiger partial charge in [0, 0.05) is 4.90 Å². The molecule has 2 N–H and O–H groups in total. The van der Waals surface area contributed by atoms with E-state index in [0.717, 1.165) is 10.5 Å². The molecule has 25 heavy (non-hydrogen) atoms. The van der Waals surface area contributed by atoms with Gasteiger partial charge in [0.2, 0.25) is 5.91 Å². The zero-order chi connectivity index (χ0) is 18.2. The van der Waals surface area contributed by atoms with Crippen molar-refractivity contribution in [3.05, 3.63) is 59.2 Å². The van der Waals surface area contributed by atoms with Gasteiger partial charge in [0.05, 0.1) is 5.75 Å². The Balaban J connectivity index is 1.69. The van der Waals surface area contributed by atoms with Crippen LogP contribution in [0, 0.1) is 20.8 Å². The molecule has 2 aromatic rings. The smallest absolute Gasteiger partial charge is 0.276 e. The standard InChI is InChI=1S/C19H22N2O3S/c1-13-8-9-16(10-15(13)3)25-12-19(23)21-20-18(22)11-24-17-7-5-4-6-14(17)2/h4-10H,11-12H2,1-3H3,(H,20,22)(H,21,23). The average Bonchev–Trinajstić information content (AvgIpc) is 2.60. The minimum absolute atomic E-state index is 0.157. The topological polar surface area (TPSA) is 67.4 Å². The number of ether oxygens (including phenoxy) is 1. The lowest BCUT2D eigenvalue weighted by atomic mass is 10.1. The fourth-order valence-corrected chi connectivity index (χ4v) is 2.82. The number of rotatable bonds is 6. The van der Waals surface area contributed by atoms with Gasteiger partial charge < -0.3 is 4.74 Å². The molecule has 0 radical (unpaired) electrons. The maximum absolute atomic E-state index is 11.8. The minimum Gasteiger partial charge on any atom is -0.483 e. The molecule has 0 fully saturated rings. The van der Waals surface area contributed by atoms with Gasteiger partial charge in [0.1, 0.15) is 5.75 Å². The second-order valence-electron chi connectivity index (χ2n) is 5.69. The number of aryl methyl sites for hydroxylation is 3. The molecule has 0 atom stereocenters. The van der Waals surface area contributed by atoms with E-state index in [1.165, 1.54) is 22.9 Å². The van der Waals surface area contributed by atoms with Crippen molar-refractivity contribution in [3.63, 3.8) is 0 Å². The van der Waals surface area contributed by atoms with Crippen molar-refractivity contribution >= 4 is 23.6 Å². The summed E-state index contributed by atoms with van der Waals surface area (Å²) in [5.41, 5.74) is 8.10. The summed E-state index contributed by atoms with van der Waals surface area (Å²) in [6.07, 6.45) is 0. The molecule has 2 amide bonds. The number of thioether (sulfide) groups is 1. The summed E-state index contributed by atoms with van der Waals surface area (Å²) >= 11 is 1.42. The Bertz CT molecular complexity index is 762. The Labute approximate surface area is 152 Å². The van der Waals surface area contributed by atoms with Crippen molar-refractivity contribution in [1.29, 1.82) is 0 Å². The van der Waals surface area contributed by atoms with Crippen LogP contribution in [0.1, 0.15) is 16.7 Å². The lowest BCUT2D eigenvalue weighted by Crippen LogP contribution is -2.44. The van der Waals surface area contributed by atoms with Gasteiger partial charge in [0.25, 0.3) is 5.91 Å². The number of amides is 2. The van der Waals surface area contributed by atoms with Gasteiger partial charge >= 0.3 is 0 Å². The predicted molar refractivity (Wildman–Crippen MR) is 99.6 cm³/mol. The Morgan fingerprint density at radius 3 is 2.36 bits per heavy atom. The van der Waals surface area contributed by atoms with E-state index in [2.05, 4.69) is 10.9 Å². The molecule has 0 bridgehead atoms. The van der Waals surface area contributed by atoms with E-state index in [1.54, 1.807) is 6.07 Å². The number of hydrazine groups is 1. The molecule has 0 aliphatic heterocycles. The Hall–Kier alpha value is -2.47. The predicted octanol–water partition coefficient (Wildman–Crippen LogP) is 2.93. The van der Waals surface area contributed by atoms with Crippen LogP contribution in [-0.2, 0) is 9.59 Å². The van der Waals surface area contributed by atoms with E-state index < -0.39 is 5.91 Å². The van der Waals surface area contributed by atoms with Crippen LogP contribution in [-0.4, -0.2) is 24.2 Å². The first-order valence-electron chi connectivity index (χ1n) is 7.92. The first kappa shape index (κ1) is 18.9. The molecule has 2 rings (SSSR count). The minimum atomic E-state index is -0.409. The molecule has 6 heteroatoms. The van der Waals surface area contributed by atoms with E-state index in [1.807, 2.05) is 57.2 Å². The number of hydrogen-bond donors (Lipinski definition) is 2. The highest BCUT2D eigenvalue weighted by atomic mass is 32.2. The summed E-state index contributed by atoms with van der Waals surface area (Å²) in [4.78, 5) is 24.6. The molecular formula is C19H22N2O3S. The van der Waals surface area contributed by atoms with Crippen molar-refractivity contribution < 1.29 is 14.3 Å². The zero-order valence-corrected chi connectivity index (χ0v) is 15.4. The maximum atomic E-state index is 11.8. The molecule has 0 saturated heterocycles. The van der Waals surface area contributed by atoms with Crippen LogP contribution >= 0.6 is 11.8 Å². The van der Waals surface area contributed by atoms with Crippen LogP contribution < -0.4 is 15.6 Å². The molecule has 0 aromatic heterocycles. The molecule has 0 heterocycles. The third-order valence-electron chi connectivity index (χ3n) is 3.64. The quantitative estimate of drug-likeness (QED) is 0.615. The number of nitrogens with one attached hydrogen (secondary N) is 2. The van der Waals surface area contributed by atoms with Gasteiger partial charge in [-0.25, -0.2) is 0 Å². The number of benzene rings is 2. The maximum Gasteiger partial charge on any atom is 0.276 e. The lowest BCUT2D eigenvalue weighted by Gasteiger charge is -2.10. The van der Waals surface area contributed by atoms with Crippen molar-refractivity contribution in [1.82, 2.24) is 10.9 Å². The van der Waals surface area contributed by atoms with E-state index >= 15 is 0 Å². The van der Waals surface area contributed by atoms with E-state index in [0.29, 0.717) is 5.75 Å². The molecule has 0 unspecified atom stereocenters. The summed E-state index contributed by atoms with van der Waals surface area (Å²) in [6.45, 7) is 5.83.